The third-order valence-electron chi connectivity index (χ3n) is 15.4. The Morgan fingerprint density at radius 2 is 1.29 bits per heavy atom. The lowest BCUT2D eigenvalue weighted by Crippen LogP contribution is -2.45. The van der Waals surface area contributed by atoms with Crippen molar-refractivity contribution in [3.8, 4) is 11.1 Å². The molecule has 2 aliphatic carbocycles. The van der Waals surface area contributed by atoms with Crippen molar-refractivity contribution in [1.82, 2.24) is 44.4 Å². The van der Waals surface area contributed by atoms with Crippen LogP contribution in [0, 0.1) is 0 Å². The molecule has 416 valence electrons. The predicted octanol–water partition coefficient (Wildman–Crippen LogP) is 11.1. The van der Waals surface area contributed by atoms with Crippen LogP contribution in [0.4, 0.5) is 39.7 Å². The Labute approximate surface area is 469 Å². The van der Waals surface area contributed by atoms with E-state index in [9.17, 15) is 4.79 Å². The van der Waals surface area contributed by atoms with Crippen molar-refractivity contribution < 1.29 is 28.5 Å². The molecule has 20 nitrogen and oxygen atoms in total. The van der Waals surface area contributed by atoms with E-state index in [-0.39, 0.29) is 17.7 Å². The van der Waals surface area contributed by atoms with Gasteiger partial charge in [-0.25, -0.2) is 24.7 Å². The van der Waals surface area contributed by atoms with Crippen molar-refractivity contribution in [2.45, 2.75) is 127 Å². The first-order valence-electron chi connectivity index (χ1n) is 27.6. The second kappa shape index (κ2) is 23.7. The largest absolute Gasteiger partial charge is 0.443 e. The Bertz CT molecular complexity index is 3190. The van der Waals surface area contributed by atoms with Gasteiger partial charge in [-0.2, -0.15) is 14.9 Å². The van der Waals surface area contributed by atoms with Crippen molar-refractivity contribution in [3.63, 3.8) is 0 Å². The molecule has 79 heavy (non-hydrogen) atoms. The van der Waals surface area contributed by atoms with Crippen LogP contribution in [0.25, 0.3) is 33.1 Å². The fourth-order valence-electron chi connectivity index (χ4n) is 11.5. The van der Waals surface area contributed by atoms with E-state index >= 15 is 0 Å². The number of pyridine rings is 4. The van der Waals surface area contributed by atoms with Crippen LogP contribution in [0.5, 0.6) is 0 Å². The van der Waals surface area contributed by atoms with Gasteiger partial charge in [0.05, 0.1) is 66.9 Å². The Balaban J connectivity index is 0.000000147. The molecule has 2 spiro atoms. The molecule has 4 aliphatic heterocycles. The zero-order valence-corrected chi connectivity index (χ0v) is 46.5. The molecule has 0 radical (unpaired) electrons. The third kappa shape index (κ3) is 12.4. The number of ether oxygens (including phenoxy) is 5. The van der Waals surface area contributed by atoms with Crippen molar-refractivity contribution in [3.05, 3.63) is 96.1 Å². The van der Waals surface area contributed by atoms with Crippen LogP contribution in [-0.4, -0.2) is 126 Å². The lowest BCUT2D eigenvalue weighted by Gasteiger charge is -2.38. The number of piperidine rings is 2. The lowest BCUT2D eigenvalue weighted by atomic mass is 10.0. The summed E-state index contributed by atoms with van der Waals surface area (Å²) in [6.07, 6.45) is 26.3. The maximum absolute atomic E-state index is 13.7. The molecule has 13 rings (SSSR count). The minimum atomic E-state index is -0.710. The number of aromatic nitrogens is 9. The zero-order valence-electron chi connectivity index (χ0n) is 45.0. The van der Waals surface area contributed by atoms with E-state index in [0.717, 1.165) is 141 Å². The number of nitrogen functional groups attached to an aromatic ring is 1. The molecular formula is C57H68Cl2N14O6. The lowest BCUT2D eigenvalue weighted by molar-refractivity contribution is -0.169. The molecule has 4 saturated heterocycles. The summed E-state index contributed by atoms with van der Waals surface area (Å²) in [5.74, 6) is 0.883. The van der Waals surface area contributed by atoms with E-state index in [1.54, 1.807) is 37.2 Å². The average Bonchev–Trinajstić information content (AvgIpc) is 4.54. The van der Waals surface area contributed by atoms with Crippen LogP contribution >= 0.6 is 23.2 Å². The van der Waals surface area contributed by atoms with Gasteiger partial charge in [-0.15, -0.1) is 0 Å². The number of amides is 1. The monoisotopic (exact) mass is 1110 g/mol. The van der Waals surface area contributed by atoms with Gasteiger partial charge in [0, 0.05) is 117 Å². The fraction of sp³-hybridized carbons (Fsp3) is 0.491. The fourth-order valence-corrected chi connectivity index (χ4v) is 11.8. The zero-order chi connectivity index (χ0) is 54.6. The highest BCUT2D eigenvalue weighted by atomic mass is 35.5. The second-order valence-corrected chi connectivity index (χ2v) is 22.6. The van der Waals surface area contributed by atoms with Gasteiger partial charge in [0.1, 0.15) is 28.0 Å². The standard InChI is InChI=1S/C31H37N7O4.C14H16ClN5.C12H15ClN2O2/c1-30(2,3)42-29(39)38(26-9-8-22(18-33-26)36-14-11-31(12-15-36)40-16-17-41-31)28-34-19-24-23-10-13-32-20-25(23)37(27(24)35-28)21-6-4-5-7-21;15-12-8-17-6-5-10(12)11-7-18-14(16)20-13(11)19-9-3-1-2-4-9;13-11-2-1-10(9-14-11)15-5-3-12(4-6-15)16-7-8-17-12/h8-10,13,18-21H,4-7,11-12,14-17H2,1-3H3;5-9H,1-4H2,(H3,16,18,19,20);1-2,9H,3-8H2. The number of carbonyl (C=O) groups is 1. The van der Waals surface area contributed by atoms with E-state index in [1.165, 1.54) is 30.6 Å². The number of rotatable bonds is 8. The highest BCUT2D eigenvalue weighted by Gasteiger charge is 2.41. The molecule has 7 aromatic rings. The summed E-state index contributed by atoms with van der Waals surface area (Å²) in [7, 11) is 0. The molecule has 7 aromatic heterocycles. The van der Waals surface area contributed by atoms with Gasteiger partial charge in [0.15, 0.2) is 11.6 Å². The minimum absolute atomic E-state index is 0.224. The average molecular weight is 1120 g/mol. The number of fused-ring (bicyclic) bond motifs is 3. The van der Waals surface area contributed by atoms with Crippen LogP contribution in [-0.2, 0) is 23.7 Å². The Morgan fingerprint density at radius 3 is 1.89 bits per heavy atom. The summed E-state index contributed by atoms with van der Waals surface area (Å²) in [6.45, 7) is 11.8. The summed E-state index contributed by atoms with van der Waals surface area (Å²) in [6, 6.07) is 12.3. The van der Waals surface area contributed by atoms with Crippen LogP contribution in [0.2, 0.25) is 10.2 Å². The van der Waals surface area contributed by atoms with Crippen LogP contribution in [0.1, 0.15) is 104 Å². The number of nitrogens with zero attached hydrogens (tertiary/aromatic N) is 12. The number of hydrogen-bond acceptors (Lipinski definition) is 18. The first-order valence-corrected chi connectivity index (χ1v) is 28.3. The molecular weight excluding hydrogens is 1050 g/mol. The van der Waals surface area contributed by atoms with Gasteiger partial charge in [-0.3, -0.25) is 9.97 Å². The summed E-state index contributed by atoms with van der Waals surface area (Å²) < 4.78 is 31.3. The number of anilines is 6. The number of hydrogen-bond donors (Lipinski definition) is 2. The molecule has 6 fully saturated rings. The normalized spacial score (nSPS) is 19.2. The number of halogens is 2. The molecule has 2 saturated carbocycles. The quantitative estimate of drug-likeness (QED) is 0.135. The first-order chi connectivity index (χ1) is 38.3. The first kappa shape index (κ1) is 54.4. The van der Waals surface area contributed by atoms with Gasteiger partial charge in [0.2, 0.25) is 11.9 Å². The molecule has 0 aromatic carbocycles. The summed E-state index contributed by atoms with van der Waals surface area (Å²) in [5.41, 5.74) is 10.6. The van der Waals surface area contributed by atoms with Crippen LogP contribution in [0.3, 0.4) is 0 Å². The minimum Gasteiger partial charge on any atom is -0.443 e. The third-order valence-corrected chi connectivity index (χ3v) is 16.0. The summed E-state index contributed by atoms with van der Waals surface area (Å²) in [4.78, 5) is 54.9. The smallest absolute Gasteiger partial charge is 0.423 e. The maximum Gasteiger partial charge on any atom is 0.423 e. The van der Waals surface area contributed by atoms with Crippen molar-refractivity contribution >= 4 is 86.1 Å². The number of nitrogens with one attached hydrogen (secondary N) is 1. The van der Waals surface area contributed by atoms with Gasteiger partial charge < -0.3 is 49.1 Å². The molecule has 22 heteroatoms. The molecule has 0 atom stereocenters. The molecule has 1 amide bonds. The van der Waals surface area contributed by atoms with E-state index in [4.69, 9.17) is 62.6 Å². The highest BCUT2D eigenvalue weighted by Crippen LogP contribution is 2.40. The maximum atomic E-state index is 13.7. The SMILES string of the molecule is CC(C)(C)OC(=O)N(c1ccc(N2CCC3(CC2)OCCO3)cn1)c1ncc2c3ccncc3n(C3CCCC3)c2n1.Clc1ccc(N2CCC3(CC2)OCCO3)cn1.Nc1ncc(-c2ccncc2Cl)c(NC2CCCC2)n1. The highest BCUT2D eigenvalue weighted by molar-refractivity contribution is 6.33. The number of nitrogens with two attached hydrogens (primary N) is 1. The van der Waals surface area contributed by atoms with Crippen LogP contribution < -0.4 is 25.8 Å². The molecule has 0 unspecified atom stereocenters. The van der Waals surface area contributed by atoms with Crippen LogP contribution in [0.15, 0.2) is 86.0 Å². The van der Waals surface area contributed by atoms with E-state index in [1.807, 2.05) is 69.6 Å². The second-order valence-electron chi connectivity index (χ2n) is 21.8. The van der Waals surface area contributed by atoms with Crippen molar-refractivity contribution in [2.24, 2.45) is 0 Å². The van der Waals surface area contributed by atoms with E-state index < -0.39 is 17.5 Å². The molecule has 11 heterocycles. The van der Waals surface area contributed by atoms with Gasteiger partial charge in [0.25, 0.3) is 0 Å². The summed E-state index contributed by atoms with van der Waals surface area (Å²) >= 11 is 12.0. The van der Waals surface area contributed by atoms with Gasteiger partial charge in [-0.1, -0.05) is 48.9 Å². The molecule has 6 aliphatic rings. The van der Waals surface area contributed by atoms with E-state index in [2.05, 4.69) is 49.6 Å². The predicted molar refractivity (Wildman–Crippen MR) is 305 cm³/mol. The van der Waals surface area contributed by atoms with Gasteiger partial charge >= 0.3 is 6.09 Å². The Morgan fingerprint density at radius 1 is 0.684 bits per heavy atom. The van der Waals surface area contributed by atoms with Crippen molar-refractivity contribution in [1.29, 1.82) is 0 Å². The topological polar surface area (TPSA) is 219 Å². The Kier molecular flexibility index (Phi) is 16.3. The van der Waals surface area contributed by atoms with Gasteiger partial charge in [-0.05, 0) is 82.9 Å². The van der Waals surface area contributed by atoms with E-state index in [0.29, 0.717) is 41.3 Å². The summed E-state index contributed by atoms with van der Waals surface area (Å²) in [5, 5.41) is 6.57. The Hall–Kier alpha value is -6.55. The van der Waals surface area contributed by atoms with Crippen molar-refractivity contribution in [2.75, 3.05) is 78.4 Å². The molecule has 0 bridgehead atoms. The number of carbonyl (C=O) groups excluding carboxylic acids is 1. The molecule has 3 N–H and O–H groups in total.